The van der Waals surface area contributed by atoms with E-state index in [2.05, 4.69) is 39.0 Å². The first-order valence-electron chi connectivity index (χ1n) is 9.86. The van der Waals surface area contributed by atoms with Gasteiger partial charge in [-0.2, -0.15) is 5.10 Å². The van der Waals surface area contributed by atoms with Gasteiger partial charge in [0.1, 0.15) is 5.76 Å². The Hall–Kier alpha value is -3.74. The van der Waals surface area contributed by atoms with Crippen molar-refractivity contribution in [2.75, 3.05) is 0 Å². The summed E-state index contributed by atoms with van der Waals surface area (Å²) in [6.07, 6.45) is 9.74. The monoisotopic (exact) mass is 398 g/mol. The van der Waals surface area contributed by atoms with Gasteiger partial charge in [-0.1, -0.05) is 11.2 Å². The molecule has 5 heterocycles. The molecule has 1 unspecified atom stereocenters. The number of fused-ring (bicyclic) bond motifs is 1. The van der Waals surface area contributed by atoms with E-state index in [1.54, 1.807) is 4.68 Å². The largest absolute Gasteiger partial charge is 0.361 e. The van der Waals surface area contributed by atoms with Crippen LogP contribution >= 0.6 is 0 Å². The van der Waals surface area contributed by atoms with Crippen LogP contribution in [0.25, 0.3) is 33.3 Å². The van der Waals surface area contributed by atoms with Crippen LogP contribution in [0.4, 0.5) is 0 Å². The van der Waals surface area contributed by atoms with E-state index < -0.39 is 0 Å². The van der Waals surface area contributed by atoms with Crippen LogP contribution < -0.4 is 0 Å². The van der Waals surface area contributed by atoms with Gasteiger partial charge in [-0.15, -0.1) is 0 Å². The Kier molecular flexibility index (Phi) is 4.24. The second-order valence-corrected chi connectivity index (χ2v) is 7.57. The first-order chi connectivity index (χ1) is 14.5. The first-order valence-corrected chi connectivity index (χ1v) is 9.86. The summed E-state index contributed by atoms with van der Waals surface area (Å²) in [7, 11) is 1.92. The molecule has 7 heteroatoms. The minimum absolute atomic E-state index is 0.0424. The lowest BCUT2D eigenvalue weighted by Crippen LogP contribution is -2.07. The van der Waals surface area contributed by atoms with Crippen molar-refractivity contribution in [3.8, 4) is 22.3 Å². The van der Waals surface area contributed by atoms with E-state index in [-0.39, 0.29) is 6.04 Å². The van der Waals surface area contributed by atoms with Gasteiger partial charge in [0, 0.05) is 54.1 Å². The summed E-state index contributed by atoms with van der Waals surface area (Å²) in [6.45, 7) is 6.03. The highest BCUT2D eigenvalue weighted by Gasteiger charge is 2.20. The Bertz CT molecular complexity index is 1330. The van der Waals surface area contributed by atoms with Gasteiger partial charge >= 0.3 is 0 Å². The summed E-state index contributed by atoms with van der Waals surface area (Å²) in [4.78, 5) is 9.42. The minimum atomic E-state index is 0.0424. The van der Waals surface area contributed by atoms with Gasteiger partial charge in [-0.3, -0.25) is 14.6 Å². The standard InChI is InChI=1S/C23H22N6O/c1-14-22(16(3)30-27-14)17-9-21-23(25-10-17)19(18-11-26-28(4)12-18)13-29(21)15(2)20-7-5-6-8-24-20/h5-13,15H,1-4H3. The molecule has 7 nitrogen and oxygen atoms in total. The first kappa shape index (κ1) is 18.3. The Morgan fingerprint density at radius 1 is 1.03 bits per heavy atom. The summed E-state index contributed by atoms with van der Waals surface area (Å²) >= 11 is 0. The normalized spacial score (nSPS) is 12.5. The number of hydrogen-bond donors (Lipinski definition) is 0. The van der Waals surface area contributed by atoms with Gasteiger partial charge in [0.15, 0.2) is 0 Å². The van der Waals surface area contributed by atoms with E-state index in [0.29, 0.717) is 0 Å². The van der Waals surface area contributed by atoms with Crippen LogP contribution in [-0.4, -0.2) is 29.5 Å². The summed E-state index contributed by atoms with van der Waals surface area (Å²) in [5.74, 6) is 0.789. The molecule has 0 aliphatic carbocycles. The number of aromatic nitrogens is 6. The highest BCUT2D eigenvalue weighted by atomic mass is 16.5. The van der Waals surface area contributed by atoms with Gasteiger partial charge in [-0.05, 0) is 39.0 Å². The summed E-state index contributed by atoms with van der Waals surface area (Å²) in [5.41, 5.74) is 7.88. The molecule has 150 valence electrons. The number of hydrogen-bond acceptors (Lipinski definition) is 5. The molecule has 0 aliphatic heterocycles. The lowest BCUT2D eigenvalue weighted by Gasteiger charge is -2.15. The van der Waals surface area contributed by atoms with Crippen molar-refractivity contribution in [1.82, 2.24) is 29.5 Å². The van der Waals surface area contributed by atoms with Crippen LogP contribution in [-0.2, 0) is 7.05 Å². The SMILES string of the molecule is Cc1noc(C)c1-c1cnc2c(-c3cnn(C)c3)cn(C(C)c3ccccn3)c2c1. The molecule has 0 amide bonds. The molecule has 1 atom stereocenters. The predicted octanol–water partition coefficient (Wildman–Crippen LogP) is 4.71. The molecular formula is C23H22N6O. The Balaban J connectivity index is 1.75. The molecule has 5 rings (SSSR count). The number of pyridine rings is 2. The van der Waals surface area contributed by atoms with Crippen LogP contribution in [0.5, 0.6) is 0 Å². The Morgan fingerprint density at radius 3 is 2.57 bits per heavy atom. The molecule has 0 radical (unpaired) electrons. The maximum Gasteiger partial charge on any atom is 0.141 e. The highest BCUT2D eigenvalue weighted by Crippen LogP contribution is 2.36. The molecule has 0 saturated heterocycles. The molecule has 0 spiro atoms. The summed E-state index contributed by atoms with van der Waals surface area (Å²) in [5, 5.41) is 8.44. The van der Waals surface area contributed by atoms with E-state index in [4.69, 9.17) is 9.51 Å². The lowest BCUT2D eigenvalue weighted by atomic mass is 10.1. The highest BCUT2D eigenvalue weighted by molar-refractivity contribution is 5.95. The molecule has 0 aliphatic rings. The van der Waals surface area contributed by atoms with Crippen molar-refractivity contribution in [2.24, 2.45) is 7.05 Å². The van der Waals surface area contributed by atoms with E-state index in [0.717, 1.165) is 50.4 Å². The zero-order valence-electron chi connectivity index (χ0n) is 17.4. The predicted molar refractivity (Wildman–Crippen MR) is 115 cm³/mol. The number of nitrogens with zero attached hydrogens (tertiary/aromatic N) is 6. The van der Waals surface area contributed by atoms with Crippen molar-refractivity contribution in [3.63, 3.8) is 0 Å². The van der Waals surface area contributed by atoms with Crippen LogP contribution in [0.2, 0.25) is 0 Å². The van der Waals surface area contributed by atoms with Crippen LogP contribution in [0.3, 0.4) is 0 Å². The van der Waals surface area contributed by atoms with Crippen molar-refractivity contribution in [3.05, 3.63) is 72.4 Å². The van der Waals surface area contributed by atoms with Crippen molar-refractivity contribution in [1.29, 1.82) is 0 Å². The molecule has 5 aromatic rings. The second-order valence-electron chi connectivity index (χ2n) is 7.57. The van der Waals surface area contributed by atoms with Crippen molar-refractivity contribution < 1.29 is 4.52 Å². The second kappa shape index (κ2) is 6.95. The maximum absolute atomic E-state index is 5.38. The fourth-order valence-electron chi connectivity index (χ4n) is 4.02. The third kappa shape index (κ3) is 2.90. The van der Waals surface area contributed by atoms with Crippen LogP contribution in [0, 0.1) is 13.8 Å². The number of rotatable bonds is 4. The molecule has 30 heavy (non-hydrogen) atoms. The van der Waals surface area contributed by atoms with E-state index in [1.807, 2.05) is 63.9 Å². The fourth-order valence-corrected chi connectivity index (χ4v) is 4.02. The average molecular weight is 398 g/mol. The van der Waals surface area contributed by atoms with Crippen LogP contribution in [0.15, 0.2) is 59.8 Å². The maximum atomic E-state index is 5.38. The lowest BCUT2D eigenvalue weighted by molar-refractivity contribution is 0.393. The number of aryl methyl sites for hydroxylation is 3. The smallest absolute Gasteiger partial charge is 0.141 e. The van der Waals surface area contributed by atoms with E-state index in [1.165, 1.54) is 0 Å². The van der Waals surface area contributed by atoms with E-state index in [9.17, 15) is 0 Å². The molecule has 5 aromatic heterocycles. The van der Waals surface area contributed by atoms with Gasteiger partial charge in [-0.25, -0.2) is 0 Å². The average Bonchev–Trinajstić information content (AvgIpc) is 3.44. The van der Waals surface area contributed by atoms with Gasteiger partial charge in [0.2, 0.25) is 0 Å². The van der Waals surface area contributed by atoms with Gasteiger partial charge in [0.05, 0.1) is 34.7 Å². The molecule has 0 saturated carbocycles. The summed E-state index contributed by atoms with van der Waals surface area (Å²) < 4.78 is 9.42. The van der Waals surface area contributed by atoms with Crippen molar-refractivity contribution >= 4 is 11.0 Å². The fraction of sp³-hybridized carbons (Fsp3) is 0.217. The zero-order chi connectivity index (χ0) is 20.8. The Labute approximate surface area is 174 Å². The molecule has 0 bridgehead atoms. The molecule has 0 fully saturated rings. The van der Waals surface area contributed by atoms with Gasteiger partial charge < -0.3 is 9.09 Å². The Morgan fingerprint density at radius 2 is 1.90 bits per heavy atom. The third-order valence-corrected chi connectivity index (χ3v) is 5.54. The topological polar surface area (TPSA) is 74.6 Å². The molecule has 0 N–H and O–H groups in total. The third-order valence-electron chi connectivity index (χ3n) is 5.54. The zero-order valence-corrected chi connectivity index (χ0v) is 17.4. The van der Waals surface area contributed by atoms with Crippen molar-refractivity contribution in [2.45, 2.75) is 26.8 Å². The minimum Gasteiger partial charge on any atom is -0.361 e. The molecule has 0 aromatic carbocycles. The molecular weight excluding hydrogens is 376 g/mol. The van der Waals surface area contributed by atoms with Gasteiger partial charge in [0.25, 0.3) is 0 Å². The van der Waals surface area contributed by atoms with E-state index >= 15 is 0 Å². The summed E-state index contributed by atoms with van der Waals surface area (Å²) in [6, 6.07) is 8.20. The van der Waals surface area contributed by atoms with Crippen LogP contribution in [0.1, 0.15) is 30.1 Å². The quantitative estimate of drug-likeness (QED) is 0.438.